The second-order valence-electron chi connectivity index (χ2n) is 7.22. The molecule has 5 nitrogen and oxygen atoms in total. The Morgan fingerprint density at radius 2 is 1.88 bits per heavy atom. The predicted molar refractivity (Wildman–Crippen MR) is 92.5 cm³/mol. The van der Waals surface area contributed by atoms with Gasteiger partial charge in [0.15, 0.2) is 5.82 Å². The van der Waals surface area contributed by atoms with Crippen LogP contribution in [0.3, 0.4) is 0 Å². The van der Waals surface area contributed by atoms with Crippen LogP contribution in [0.4, 0.5) is 0 Å². The number of aromatic nitrogens is 2. The van der Waals surface area contributed by atoms with Gasteiger partial charge in [-0.1, -0.05) is 49.3 Å². The van der Waals surface area contributed by atoms with Gasteiger partial charge in [0.25, 0.3) is 0 Å². The lowest BCUT2D eigenvalue weighted by atomic mass is 10.1. The molecule has 0 amide bonds. The summed E-state index contributed by atoms with van der Waals surface area (Å²) in [6.07, 6.45) is 1.80. The zero-order chi connectivity index (χ0) is 17.1. The fourth-order valence-corrected chi connectivity index (χ4v) is 2.94. The maximum Gasteiger partial charge on any atom is 0.243 e. The number of nitrogens with zero attached hydrogens (tertiary/aromatic N) is 3. The van der Waals surface area contributed by atoms with E-state index in [-0.39, 0.29) is 6.04 Å². The van der Waals surface area contributed by atoms with Crippen molar-refractivity contribution in [2.45, 2.75) is 51.7 Å². The number of hydrogen-bond acceptors (Lipinski definition) is 5. The fourth-order valence-electron chi connectivity index (χ4n) is 2.94. The summed E-state index contributed by atoms with van der Waals surface area (Å²) in [5.41, 5.74) is 0.933. The third-order valence-electron chi connectivity index (χ3n) is 4.50. The highest BCUT2D eigenvalue weighted by molar-refractivity contribution is 5.17. The summed E-state index contributed by atoms with van der Waals surface area (Å²) < 4.78 is 5.49. The molecule has 2 unspecified atom stereocenters. The lowest BCUT2D eigenvalue weighted by molar-refractivity contribution is 0.0723. The maximum absolute atomic E-state index is 10.6. The Labute approximate surface area is 143 Å². The van der Waals surface area contributed by atoms with Crippen molar-refractivity contribution in [3.8, 4) is 0 Å². The van der Waals surface area contributed by atoms with Crippen LogP contribution >= 0.6 is 0 Å². The van der Waals surface area contributed by atoms with Gasteiger partial charge >= 0.3 is 0 Å². The molecule has 1 N–H and O–H groups in total. The molecule has 0 aliphatic heterocycles. The van der Waals surface area contributed by atoms with Gasteiger partial charge in [0.1, 0.15) is 0 Å². The van der Waals surface area contributed by atoms with Crippen molar-refractivity contribution in [2.75, 3.05) is 13.1 Å². The van der Waals surface area contributed by atoms with E-state index in [9.17, 15) is 5.11 Å². The monoisotopic (exact) mass is 329 g/mol. The minimum Gasteiger partial charge on any atom is -0.387 e. The Kier molecular flexibility index (Phi) is 5.31. The zero-order valence-corrected chi connectivity index (χ0v) is 14.7. The molecule has 0 saturated heterocycles. The van der Waals surface area contributed by atoms with Gasteiger partial charge in [-0.3, -0.25) is 4.90 Å². The van der Waals surface area contributed by atoms with E-state index in [1.165, 1.54) is 0 Å². The van der Waals surface area contributed by atoms with E-state index >= 15 is 0 Å². The quantitative estimate of drug-likeness (QED) is 0.800. The van der Waals surface area contributed by atoms with E-state index in [2.05, 4.69) is 35.8 Å². The fraction of sp³-hybridized carbons (Fsp3) is 0.579. The van der Waals surface area contributed by atoms with Crippen molar-refractivity contribution in [3.63, 3.8) is 0 Å². The van der Waals surface area contributed by atoms with Gasteiger partial charge in [-0.2, -0.15) is 4.98 Å². The molecule has 0 spiro atoms. The van der Waals surface area contributed by atoms with E-state index in [0.717, 1.165) is 30.8 Å². The van der Waals surface area contributed by atoms with Crippen LogP contribution in [0.15, 0.2) is 34.9 Å². The van der Waals surface area contributed by atoms with E-state index in [0.29, 0.717) is 24.3 Å². The smallest absolute Gasteiger partial charge is 0.243 e. The number of hydrogen-bond donors (Lipinski definition) is 1. The maximum atomic E-state index is 10.6. The van der Waals surface area contributed by atoms with Crippen LogP contribution in [0.2, 0.25) is 0 Å². The normalized spacial score (nSPS) is 17.4. The lowest BCUT2D eigenvalue weighted by Crippen LogP contribution is -2.34. The highest BCUT2D eigenvalue weighted by Crippen LogP contribution is 2.38. The molecule has 2 aromatic rings. The first kappa shape index (κ1) is 17.1. The van der Waals surface area contributed by atoms with Crippen LogP contribution in [-0.2, 0) is 0 Å². The highest BCUT2D eigenvalue weighted by Gasteiger charge is 2.31. The Morgan fingerprint density at radius 1 is 1.17 bits per heavy atom. The van der Waals surface area contributed by atoms with Crippen molar-refractivity contribution < 1.29 is 9.63 Å². The first-order valence-electron chi connectivity index (χ1n) is 8.85. The van der Waals surface area contributed by atoms with Gasteiger partial charge in [0, 0.05) is 19.0 Å². The first-order valence-corrected chi connectivity index (χ1v) is 8.85. The Balaban J connectivity index is 1.72. The Hall–Kier alpha value is -1.72. The molecule has 3 rings (SSSR count). The SMILES string of the molecule is CC(C)CN(CC(O)c1ccccc1)C(C)c1nc(C2CC2)no1. The first-order chi connectivity index (χ1) is 11.5. The van der Waals surface area contributed by atoms with E-state index in [1.807, 2.05) is 30.3 Å². The summed E-state index contributed by atoms with van der Waals surface area (Å²) in [6.45, 7) is 7.84. The van der Waals surface area contributed by atoms with Gasteiger partial charge in [-0.05, 0) is 31.2 Å². The second kappa shape index (κ2) is 7.45. The number of aliphatic hydroxyl groups excluding tert-OH is 1. The molecular formula is C19H27N3O2. The Morgan fingerprint density at radius 3 is 2.50 bits per heavy atom. The van der Waals surface area contributed by atoms with Crippen molar-refractivity contribution >= 4 is 0 Å². The lowest BCUT2D eigenvalue weighted by Gasteiger charge is -2.30. The van der Waals surface area contributed by atoms with Gasteiger partial charge in [0.2, 0.25) is 5.89 Å². The minimum atomic E-state index is -0.529. The van der Waals surface area contributed by atoms with Crippen molar-refractivity contribution in [1.82, 2.24) is 15.0 Å². The average Bonchev–Trinajstić information content (AvgIpc) is 3.31. The summed E-state index contributed by atoms with van der Waals surface area (Å²) >= 11 is 0. The molecule has 1 saturated carbocycles. The number of rotatable bonds is 8. The van der Waals surface area contributed by atoms with E-state index in [1.54, 1.807) is 0 Å². The van der Waals surface area contributed by atoms with Gasteiger partial charge in [-0.15, -0.1) is 0 Å². The summed E-state index contributed by atoms with van der Waals surface area (Å²) in [5, 5.41) is 14.7. The molecule has 2 atom stereocenters. The highest BCUT2D eigenvalue weighted by atomic mass is 16.5. The third kappa shape index (κ3) is 4.22. The summed E-state index contributed by atoms with van der Waals surface area (Å²) in [6, 6.07) is 9.78. The topological polar surface area (TPSA) is 62.4 Å². The molecule has 1 aromatic heterocycles. The van der Waals surface area contributed by atoms with Crippen molar-refractivity contribution in [3.05, 3.63) is 47.6 Å². The summed E-state index contributed by atoms with van der Waals surface area (Å²) in [5.74, 6) is 2.46. The van der Waals surface area contributed by atoms with Crippen molar-refractivity contribution in [1.29, 1.82) is 0 Å². The average molecular weight is 329 g/mol. The second-order valence-corrected chi connectivity index (χ2v) is 7.22. The molecule has 1 aliphatic rings. The molecule has 1 aromatic carbocycles. The minimum absolute atomic E-state index is 0.00855. The van der Waals surface area contributed by atoms with Crippen LogP contribution in [0.25, 0.3) is 0 Å². The third-order valence-corrected chi connectivity index (χ3v) is 4.50. The van der Waals surface area contributed by atoms with Gasteiger partial charge in [-0.25, -0.2) is 0 Å². The summed E-state index contributed by atoms with van der Waals surface area (Å²) in [4.78, 5) is 6.81. The molecule has 1 aliphatic carbocycles. The molecule has 130 valence electrons. The van der Waals surface area contributed by atoms with Gasteiger partial charge in [0.05, 0.1) is 12.1 Å². The standard InChI is InChI=1S/C19H27N3O2/c1-13(2)11-22(12-17(23)15-7-5-4-6-8-15)14(3)19-20-18(21-24-19)16-9-10-16/h4-8,13-14,16-17,23H,9-12H2,1-3H3. The number of aliphatic hydroxyl groups is 1. The molecule has 1 heterocycles. The van der Waals surface area contributed by atoms with E-state index in [4.69, 9.17) is 4.52 Å². The Bertz CT molecular complexity index is 637. The number of benzene rings is 1. The van der Waals surface area contributed by atoms with Crippen molar-refractivity contribution in [2.24, 2.45) is 5.92 Å². The van der Waals surface area contributed by atoms with E-state index < -0.39 is 6.10 Å². The molecule has 0 radical (unpaired) electrons. The van der Waals surface area contributed by atoms with Crippen LogP contribution in [-0.4, -0.2) is 33.2 Å². The van der Waals surface area contributed by atoms with Crippen LogP contribution in [0, 0.1) is 5.92 Å². The molecule has 1 fully saturated rings. The molecule has 0 bridgehead atoms. The largest absolute Gasteiger partial charge is 0.387 e. The molecule has 24 heavy (non-hydrogen) atoms. The van der Waals surface area contributed by atoms with Crippen LogP contribution < -0.4 is 0 Å². The summed E-state index contributed by atoms with van der Waals surface area (Å²) in [7, 11) is 0. The van der Waals surface area contributed by atoms with Crippen LogP contribution in [0.5, 0.6) is 0 Å². The zero-order valence-electron chi connectivity index (χ0n) is 14.7. The molecule has 5 heteroatoms. The van der Waals surface area contributed by atoms with Crippen LogP contribution in [0.1, 0.15) is 69.0 Å². The predicted octanol–water partition coefficient (Wildman–Crippen LogP) is 3.70. The van der Waals surface area contributed by atoms with Gasteiger partial charge < -0.3 is 9.63 Å². The molecular weight excluding hydrogens is 302 g/mol.